The molecule has 4 aliphatic heterocycles. The average Bonchev–Trinajstić information content (AvgIpc) is 3.43. The molecule has 5 heterocycles. The maximum absolute atomic E-state index is 12.7. The van der Waals surface area contributed by atoms with Gasteiger partial charge in [-0.1, -0.05) is 0 Å². The highest BCUT2D eigenvalue weighted by Gasteiger charge is 2.41. The van der Waals surface area contributed by atoms with E-state index in [9.17, 15) is 4.79 Å². The fraction of sp³-hybridized carbons (Fsp3) is 0.485. The van der Waals surface area contributed by atoms with E-state index in [1.54, 1.807) is 0 Å². The van der Waals surface area contributed by atoms with Gasteiger partial charge in [0.15, 0.2) is 5.82 Å². The van der Waals surface area contributed by atoms with E-state index in [-0.39, 0.29) is 6.03 Å². The van der Waals surface area contributed by atoms with Crippen molar-refractivity contribution in [2.75, 3.05) is 74.1 Å². The van der Waals surface area contributed by atoms with E-state index >= 15 is 0 Å². The quantitative estimate of drug-likeness (QED) is 0.369. The van der Waals surface area contributed by atoms with Gasteiger partial charge in [0.2, 0.25) is 0 Å². The lowest BCUT2D eigenvalue weighted by atomic mass is 10.1. The Bertz CT molecular complexity index is 1370. The van der Waals surface area contributed by atoms with Gasteiger partial charge in [-0.05, 0) is 88.3 Å². The Labute approximate surface area is 258 Å². The van der Waals surface area contributed by atoms with Gasteiger partial charge in [0.25, 0.3) is 0 Å². The summed E-state index contributed by atoms with van der Waals surface area (Å²) in [6, 6.07) is 18.4. The molecule has 4 fully saturated rings. The SMILES string of the molecule is CN(C)CCOc1ccc(NC(=O)Nc2ccc(-c3nc(N4C5CCC4COC5)cc(N4C5CCC4COC5)n3)cc2)cc1. The van der Waals surface area contributed by atoms with Gasteiger partial charge in [-0.15, -0.1) is 0 Å². The van der Waals surface area contributed by atoms with Crippen LogP contribution in [0.3, 0.4) is 0 Å². The fourth-order valence-electron chi connectivity index (χ4n) is 6.80. The van der Waals surface area contributed by atoms with Crippen LogP contribution in [0.1, 0.15) is 25.7 Å². The number of carbonyl (C=O) groups is 1. The molecule has 1 aromatic heterocycles. The molecule has 0 aliphatic carbocycles. The Morgan fingerprint density at radius 2 is 1.27 bits per heavy atom. The van der Waals surface area contributed by atoms with E-state index in [1.807, 2.05) is 62.6 Å². The number of anilines is 4. The largest absolute Gasteiger partial charge is 0.492 e. The summed E-state index contributed by atoms with van der Waals surface area (Å²) in [4.78, 5) is 29.9. The number of aromatic nitrogens is 2. The van der Waals surface area contributed by atoms with E-state index in [1.165, 1.54) is 0 Å². The van der Waals surface area contributed by atoms with Gasteiger partial charge in [-0.25, -0.2) is 14.8 Å². The molecular formula is C33H41N7O4. The second kappa shape index (κ2) is 12.6. The van der Waals surface area contributed by atoms with E-state index in [4.69, 9.17) is 24.2 Å². The summed E-state index contributed by atoms with van der Waals surface area (Å²) in [6.45, 7) is 4.41. The predicted octanol–water partition coefficient (Wildman–Crippen LogP) is 4.46. The van der Waals surface area contributed by atoms with Crippen molar-refractivity contribution in [2.24, 2.45) is 0 Å². The standard InChI is InChI=1S/C33H41N7O4/c1-38(2)15-16-44-29-13-7-24(8-14-29)35-33(41)34-23-5-3-22(4-6-23)32-36-30(39-25-9-10-26(39)19-42-18-25)17-31(37-32)40-27-11-12-28(40)21-43-20-27/h3-8,13-14,17,25-28H,9-12,15-16,18-21H2,1-2H3,(H2,34,35,41). The highest BCUT2D eigenvalue weighted by molar-refractivity contribution is 5.99. The maximum atomic E-state index is 12.7. The van der Waals surface area contributed by atoms with E-state index < -0.39 is 0 Å². The number of likely N-dealkylation sites (N-methyl/N-ethyl adjacent to an activating group) is 1. The van der Waals surface area contributed by atoms with Crippen LogP contribution >= 0.6 is 0 Å². The Morgan fingerprint density at radius 1 is 0.795 bits per heavy atom. The first-order valence-corrected chi connectivity index (χ1v) is 15.7. The first-order valence-electron chi connectivity index (χ1n) is 15.7. The smallest absolute Gasteiger partial charge is 0.323 e. The molecule has 2 amide bonds. The molecule has 11 heteroatoms. The molecule has 0 saturated carbocycles. The molecule has 4 bridgehead atoms. The lowest BCUT2D eigenvalue weighted by Gasteiger charge is -2.38. The minimum atomic E-state index is -0.315. The van der Waals surface area contributed by atoms with Crippen LogP contribution in [0, 0.1) is 0 Å². The normalized spacial score (nSPS) is 24.1. The van der Waals surface area contributed by atoms with Crippen LogP contribution in [0.2, 0.25) is 0 Å². The molecule has 4 atom stereocenters. The van der Waals surface area contributed by atoms with Crippen molar-refractivity contribution in [1.82, 2.24) is 14.9 Å². The topological polar surface area (TPSA) is 104 Å². The van der Waals surface area contributed by atoms with Crippen LogP contribution in [0.25, 0.3) is 11.4 Å². The zero-order chi connectivity index (χ0) is 30.0. The van der Waals surface area contributed by atoms with E-state index in [2.05, 4.69) is 31.4 Å². The number of hydrogen-bond donors (Lipinski definition) is 2. The molecular weight excluding hydrogens is 558 g/mol. The summed E-state index contributed by atoms with van der Waals surface area (Å²) >= 11 is 0. The van der Waals surface area contributed by atoms with Gasteiger partial charge in [-0.2, -0.15) is 0 Å². The molecule has 44 heavy (non-hydrogen) atoms. The molecule has 0 spiro atoms. The molecule has 4 unspecified atom stereocenters. The Balaban J connectivity index is 1.06. The zero-order valence-corrected chi connectivity index (χ0v) is 25.4. The third-order valence-electron chi connectivity index (χ3n) is 9.03. The summed E-state index contributed by atoms with van der Waals surface area (Å²) in [6.07, 6.45) is 4.50. The number of fused-ring (bicyclic) bond motifs is 4. The average molecular weight is 600 g/mol. The number of urea groups is 1. The monoisotopic (exact) mass is 599 g/mol. The zero-order valence-electron chi connectivity index (χ0n) is 25.4. The lowest BCUT2D eigenvalue weighted by Crippen LogP contribution is -2.48. The minimum Gasteiger partial charge on any atom is -0.492 e. The van der Waals surface area contributed by atoms with Gasteiger partial charge in [0, 0.05) is 29.5 Å². The number of nitrogens with zero attached hydrogens (tertiary/aromatic N) is 5. The summed E-state index contributed by atoms with van der Waals surface area (Å²) in [7, 11) is 4.02. The molecule has 3 aromatic rings. The van der Waals surface area contributed by atoms with Crippen LogP contribution in [0.15, 0.2) is 54.6 Å². The van der Waals surface area contributed by atoms with E-state index in [0.29, 0.717) is 48.0 Å². The number of ether oxygens (including phenoxy) is 3. The molecule has 232 valence electrons. The van der Waals surface area contributed by atoms with Crippen LogP contribution < -0.4 is 25.2 Å². The highest BCUT2D eigenvalue weighted by Crippen LogP contribution is 2.39. The predicted molar refractivity (Wildman–Crippen MR) is 171 cm³/mol. The molecule has 7 rings (SSSR count). The first kappa shape index (κ1) is 28.8. The van der Waals surface area contributed by atoms with Gasteiger partial charge in [-0.3, -0.25) is 0 Å². The minimum absolute atomic E-state index is 0.315. The van der Waals surface area contributed by atoms with Crippen molar-refractivity contribution in [1.29, 1.82) is 0 Å². The van der Waals surface area contributed by atoms with Crippen LogP contribution in [-0.2, 0) is 9.47 Å². The second-order valence-corrected chi connectivity index (χ2v) is 12.4. The van der Waals surface area contributed by atoms with Crippen LogP contribution in [-0.4, -0.2) is 98.7 Å². The van der Waals surface area contributed by atoms with Gasteiger partial charge in [0.1, 0.15) is 24.0 Å². The van der Waals surface area contributed by atoms with Crippen molar-refractivity contribution in [2.45, 2.75) is 49.9 Å². The summed E-state index contributed by atoms with van der Waals surface area (Å²) in [5.41, 5.74) is 2.28. The number of carbonyl (C=O) groups excluding carboxylic acids is 1. The Hall–Kier alpha value is -3.93. The van der Waals surface area contributed by atoms with Gasteiger partial charge < -0.3 is 39.5 Å². The van der Waals surface area contributed by atoms with Crippen molar-refractivity contribution < 1.29 is 19.0 Å². The maximum Gasteiger partial charge on any atom is 0.323 e. The molecule has 0 radical (unpaired) electrons. The summed E-state index contributed by atoms with van der Waals surface area (Å²) in [5, 5.41) is 5.81. The van der Waals surface area contributed by atoms with Gasteiger partial charge >= 0.3 is 6.03 Å². The summed E-state index contributed by atoms with van der Waals surface area (Å²) in [5.74, 6) is 3.41. The third-order valence-corrected chi connectivity index (χ3v) is 9.03. The molecule has 2 aromatic carbocycles. The fourth-order valence-corrected chi connectivity index (χ4v) is 6.80. The van der Waals surface area contributed by atoms with Gasteiger partial charge in [0.05, 0.1) is 50.6 Å². The number of benzene rings is 2. The lowest BCUT2D eigenvalue weighted by molar-refractivity contribution is 0.0894. The Morgan fingerprint density at radius 3 is 1.75 bits per heavy atom. The molecule has 4 aliphatic rings. The molecule has 2 N–H and O–H groups in total. The van der Waals surface area contributed by atoms with Crippen molar-refractivity contribution >= 4 is 29.0 Å². The summed E-state index contributed by atoms with van der Waals surface area (Å²) < 4.78 is 17.5. The first-order chi connectivity index (χ1) is 21.5. The number of hydrogen-bond acceptors (Lipinski definition) is 9. The molecule has 4 saturated heterocycles. The van der Waals surface area contributed by atoms with Crippen molar-refractivity contribution in [3.63, 3.8) is 0 Å². The number of morpholine rings is 2. The van der Waals surface area contributed by atoms with Crippen molar-refractivity contribution in [3.05, 3.63) is 54.6 Å². The van der Waals surface area contributed by atoms with Crippen molar-refractivity contribution in [3.8, 4) is 17.1 Å². The van der Waals surface area contributed by atoms with Crippen LogP contribution in [0.4, 0.5) is 27.8 Å². The van der Waals surface area contributed by atoms with Crippen LogP contribution in [0.5, 0.6) is 5.75 Å². The Kier molecular flexibility index (Phi) is 8.24. The number of amides is 2. The second-order valence-electron chi connectivity index (χ2n) is 12.4. The van der Waals surface area contributed by atoms with E-state index in [0.717, 1.165) is 81.6 Å². The highest BCUT2D eigenvalue weighted by atomic mass is 16.5. The number of nitrogens with one attached hydrogen (secondary N) is 2. The number of rotatable bonds is 9. The molecule has 11 nitrogen and oxygen atoms in total. The third kappa shape index (κ3) is 6.17.